The van der Waals surface area contributed by atoms with Crippen molar-refractivity contribution in [2.24, 2.45) is 0 Å². The number of H-pyrrole nitrogens is 1. The van der Waals surface area contributed by atoms with Gasteiger partial charge in [0.05, 0.1) is 5.52 Å². The Bertz CT molecular complexity index is 1090. The van der Waals surface area contributed by atoms with Crippen LogP contribution in [0, 0.1) is 5.82 Å². The molecule has 0 bridgehead atoms. The van der Waals surface area contributed by atoms with E-state index < -0.39 is 11.2 Å². The van der Waals surface area contributed by atoms with E-state index in [0.29, 0.717) is 19.1 Å². The number of aromatic nitrogens is 3. The fraction of sp³-hybridized carbons (Fsp3) is 0.381. The SMILES string of the molecule is CC(C)n1ccnc1[C@H]1CCCN(C(=O)c2c[nH]c3c(F)cccc3c2=O)C1. The van der Waals surface area contributed by atoms with E-state index in [2.05, 4.69) is 28.4 Å². The Hall–Kier alpha value is -2.96. The van der Waals surface area contributed by atoms with E-state index in [4.69, 9.17) is 0 Å². The molecule has 3 heterocycles. The number of hydrogen-bond acceptors (Lipinski definition) is 3. The topological polar surface area (TPSA) is 71.0 Å². The molecule has 3 aromatic rings. The molecule has 1 fully saturated rings. The van der Waals surface area contributed by atoms with E-state index in [1.807, 2.05) is 6.20 Å². The van der Waals surface area contributed by atoms with Crippen molar-refractivity contribution in [2.75, 3.05) is 13.1 Å². The molecule has 1 saturated heterocycles. The van der Waals surface area contributed by atoms with Crippen molar-refractivity contribution in [3.63, 3.8) is 0 Å². The monoisotopic (exact) mass is 382 g/mol. The number of amides is 1. The number of likely N-dealkylation sites (tertiary alicyclic amines) is 1. The first-order valence-corrected chi connectivity index (χ1v) is 9.59. The molecule has 0 unspecified atom stereocenters. The molecule has 6 nitrogen and oxygen atoms in total. The minimum absolute atomic E-state index is 0.0472. The van der Waals surface area contributed by atoms with Crippen LogP contribution >= 0.6 is 0 Å². The lowest BCUT2D eigenvalue weighted by Crippen LogP contribution is -2.41. The Kier molecular flexibility index (Phi) is 4.75. The molecule has 7 heteroatoms. The van der Waals surface area contributed by atoms with Crippen molar-refractivity contribution in [1.82, 2.24) is 19.4 Å². The average Bonchev–Trinajstić information content (AvgIpc) is 3.19. The van der Waals surface area contributed by atoms with Crippen LogP contribution in [0.5, 0.6) is 0 Å². The third-order valence-corrected chi connectivity index (χ3v) is 5.42. The summed E-state index contributed by atoms with van der Waals surface area (Å²) in [5, 5.41) is 0.190. The van der Waals surface area contributed by atoms with Crippen LogP contribution in [-0.2, 0) is 0 Å². The summed E-state index contributed by atoms with van der Waals surface area (Å²) in [6.07, 6.45) is 6.88. The number of carbonyl (C=O) groups is 1. The Morgan fingerprint density at radius 1 is 1.36 bits per heavy atom. The number of benzene rings is 1. The Morgan fingerprint density at radius 2 is 2.18 bits per heavy atom. The van der Waals surface area contributed by atoms with Crippen molar-refractivity contribution in [2.45, 2.75) is 38.6 Å². The molecule has 1 N–H and O–H groups in total. The number of rotatable bonds is 3. The molecule has 0 radical (unpaired) electrons. The zero-order valence-electron chi connectivity index (χ0n) is 16.0. The second kappa shape index (κ2) is 7.22. The van der Waals surface area contributed by atoms with Crippen LogP contribution in [0.2, 0.25) is 0 Å². The predicted octanol–water partition coefficient (Wildman–Crippen LogP) is 3.46. The average molecular weight is 382 g/mol. The molecule has 1 aliphatic heterocycles. The molecule has 0 spiro atoms. The van der Waals surface area contributed by atoms with Gasteiger partial charge in [-0.25, -0.2) is 9.37 Å². The maximum atomic E-state index is 13.9. The van der Waals surface area contributed by atoms with Gasteiger partial charge in [0.1, 0.15) is 17.2 Å². The second-order valence-electron chi connectivity index (χ2n) is 7.57. The minimum Gasteiger partial charge on any atom is -0.358 e. The maximum absolute atomic E-state index is 13.9. The Morgan fingerprint density at radius 3 is 2.96 bits per heavy atom. The normalized spacial score (nSPS) is 17.4. The number of nitrogens with one attached hydrogen (secondary N) is 1. The Balaban J connectivity index is 1.63. The number of carbonyl (C=O) groups excluding carboxylic acids is 1. The lowest BCUT2D eigenvalue weighted by atomic mass is 9.96. The molecule has 2 aromatic heterocycles. The van der Waals surface area contributed by atoms with Gasteiger partial charge in [-0.1, -0.05) is 6.07 Å². The quantitative estimate of drug-likeness (QED) is 0.754. The first kappa shape index (κ1) is 18.4. The van der Waals surface area contributed by atoms with Crippen molar-refractivity contribution >= 4 is 16.8 Å². The smallest absolute Gasteiger partial charge is 0.259 e. The number of fused-ring (bicyclic) bond motifs is 1. The van der Waals surface area contributed by atoms with E-state index in [1.54, 1.807) is 11.1 Å². The molecule has 0 aliphatic carbocycles. The molecular weight excluding hydrogens is 359 g/mol. The predicted molar refractivity (Wildman–Crippen MR) is 105 cm³/mol. The van der Waals surface area contributed by atoms with Gasteiger partial charge < -0.3 is 14.5 Å². The van der Waals surface area contributed by atoms with Crippen LogP contribution in [-0.4, -0.2) is 38.4 Å². The summed E-state index contributed by atoms with van der Waals surface area (Å²) >= 11 is 0. The van der Waals surface area contributed by atoms with Crippen LogP contribution in [0.3, 0.4) is 0 Å². The number of piperidine rings is 1. The van der Waals surface area contributed by atoms with Gasteiger partial charge in [-0.2, -0.15) is 0 Å². The van der Waals surface area contributed by atoms with Gasteiger partial charge in [0.15, 0.2) is 0 Å². The number of hydrogen-bond donors (Lipinski definition) is 1. The highest BCUT2D eigenvalue weighted by Gasteiger charge is 2.29. The molecule has 28 heavy (non-hydrogen) atoms. The highest BCUT2D eigenvalue weighted by Crippen LogP contribution is 2.28. The van der Waals surface area contributed by atoms with Crippen molar-refractivity contribution in [3.05, 3.63) is 64.2 Å². The number of para-hydroxylation sites is 1. The van der Waals surface area contributed by atoms with Crippen molar-refractivity contribution < 1.29 is 9.18 Å². The van der Waals surface area contributed by atoms with Crippen LogP contribution in [0.4, 0.5) is 4.39 Å². The second-order valence-corrected chi connectivity index (χ2v) is 7.57. The molecule has 1 amide bonds. The minimum atomic E-state index is -0.507. The van der Waals surface area contributed by atoms with E-state index in [0.717, 1.165) is 18.7 Å². The highest BCUT2D eigenvalue weighted by atomic mass is 19.1. The van der Waals surface area contributed by atoms with Crippen LogP contribution in [0.15, 0.2) is 41.6 Å². The summed E-state index contributed by atoms with van der Waals surface area (Å²) in [6, 6.07) is 4.59. The molecule has 1 atom stereocenters. The van der Waals surface area contributed by atoms with E-state index >= 15 is 0 Å². The van der Waals surface area contributed by atoms with E-state index in [-0.39, 0.29) is 28.3 Å². The molecular formula is C21H23FN4O2. The van der Waals surface area contributed by atoms with Crippen LogP contribution in [0.1, 0.15) is 54.8 Å². The Labute approximate surface area is 162 Å². The zero-order chi connectivity index (χ0) is 19.8. The fourth-order valence-corrected chi connectivity index (χ4v) is 3.99. The third kappa shape index (κ3) is 3.10. The van der Waals surface area contributed by atoms with Crippen LogP contribution < -0.4 is 5.43 Å². The van der Waals surface area contributed by atoms with Gasteiger partial charge in [-0.3, -0.25) is 9.59 Å². The van der Waals surface area contributed by atoms with Crippen molar-refractivity contribution in [3.8, 4) is 0 Å². The largest absolute Gasteiger partial charge is 0.358 e. The standard InChI is InChI=1S/C21H23FN4O2/c1-13(2)26-10-8-23-20(26)14-5-4-9-25(12-14)21(28)16-11-24-18-15(19(16)27)6-3-7-17(18)22/h3,6-8,10-11,13-14H,4-5,9,12H2,1-2H3,(H,24,27)/t14-/m0/s1. The molecule has 0 saturated carbocycles. The van der Waals surface area contributed by atoms with Crippen LogP contribution in [0.25, 0.3) is 10.9 Å². The lowest BCUT2D eigenvalue weighted by Gasteiger charge is -2.33. The number of imidazole rings is 1. The molecule has 4 rings (SSSR count). The summed E-state index contributed by atoms with van der Waals surface area (Å²) in [4.78, 5) is 34.8. The number of halogens is 1. The summed E-state index contributed by atoms with van der Waals surface area (Å²) in [6.45, 7) is 5.32. The summed E-state index contributed by atoms with van der Waals surface area (Å²) < 4.78 is 16.0. The van der Waals surface area contributed by atoms with E-state index in [1.165, 1.54) is 24.4 Å². The van der Waals surface area contributed by atoms with Gasteiger partial charge in [0, 0.05) is 49.0 Å². The van der Waals surface area contributed by atoms with Gasteiger partial charge in [0.2, 0.25) is 5.43 Å². The summed E-state index contributed by atoms with van der Waals surface area (Å²) in [5.41, 5.74) is -0.269. The van der Waals surface area contributed by atoms with Gasteiger partial charge in [-0.05, 0) is 38.8 Å². The number of pyridine rings is 1. The fourth-order valence-electron chi connectivity index (χ4n) is 3.99. The third-order valence-electron chi connectivity index (χ3n) is 5.42. The maximum Gasteiger partial charge on any atom is 0.259 e. The summed E-state index contributed by atoms with van der Waals surface area (Å²) in [5.74, 6) is 0.279. The first-order valence-electron chi connectivity index (χ1n) is 9.59. The first-order chi connectivity index (χ1) is 13.5. The van der Waals surface area contributed by atoms with Gasteiger partial charge >= 0.3 is 0 Å². The number of aromatic amines is 1. The van der Waals surface area contributed by atoms with Gasteiger partial charge in [-0.15, -0.1) is 0 Å². The summed E-state index contributed by atoms with van der Waals surface area (Å²) in [7, 11) is 0. The lowest BCUT2D eigenvalue weighted by molar-refractivity contribution is 0.0701. The highest BCUT2D eigenvalue weighted by molar-refractivity contribution is 5.97. The molecule has 1 aromatic carbocycles. The molecule has 146 valence electrons. The van der Waals surface area contributed by atoms with E-state index in [9.17, 15) is 14.0 Å². The van der Waals surface area contributed by atoms with Gasteiger partial charge in [0.25, 0.3) is 5.91 Å². The zero-order valence-corrected chi connectivity index (χ0v) is 16.0. The van der Waals surface area contributed by atoms with Crippen molar-refractivity contribution in [1.29, 1.82) is 0 Å². The number of nitrogens with zero attached hydrogens (tertiary/aromatic N) is 3. The molecule has 1 aliphatic rings.